The van der Waals surface area contributed by atoms with E-state index >= 15 is 0 Å². The standard InChI is InChI=1S/C26H27NO5/c1-16-23(26(29)32-15-17-10-12-19(30-2)13-11-17)24(18-6-4-7-20(14-18)31-3)25-21(27-16)8-5-9-22(25)28/h4,6-7,10-14,23-24H,5,8-9,15H2,1-3H3/t23?,24-/m1/s1. The second-order valence-electron chi connectivity index (χ2n) is 8.08. The van der Waals surface area contributed by atoms with Crippen LogP contribution in [-0.4, -0.2) is 31.7 Å². The van der Waals surface area contributed by atoms with Gasteiger partial charge in [-0.1, -0.05) is 24.3 Å². The summed E-state index contributed by atoms with van der Waals surface area (Å²) in [5, 5.41) is 0. The predicted octanol–water partition coefficient (Wildman–Crippen LogP) is 4.63. The fourth-order valence-corrected chi connectivity index (χ4v) is 4.47. The second-order valence-corrected chi connectivity index (χ2v) is 8.08. The van der Waals surface area contributed by atoms with Crippen LogP contribution in [0.3, 0.4) is 0 Å². The summed E-state index contributed by atoms with van der Waals surface area (Å²) in [5.74, 6) is -0.0138. The van der Waals surface area contributed by atoms with Crippen LogP contribution in [-0.2, 0) is 20.9 Å². The summed E-state index contributed by atoms with van der Waals surface area (Å²) in [7, 11) is 3.21. The molecule has 0 aromatic heterocycles. The Bertz CT molecular complexity index is 1080. The molecule has 1 unspecified atom stereocenters. The highest BCUT2D eigenvalue weighted by Gasteiger charge is 2.43. The Morgan fingerprint density at radius 1 is 1.03 bits per heavy atom. The lowest BCUT2D eigenvalue weighted by atomic mass is 9.71. The number of ether oxygens (including phenoxy) is 3. The van der Waals surface area contributed by atoms with Gasteiger partial charge in [0, 0.05) is 29.3 Å². The molecule has 2 aromatic carbocycles. The van der Waals surface area contributed by atoms with Gasteiger partial charge in [0.2, 0.25) is 0 Å². The van der Waals surface area contributed by atoms with Crippen molar-refractivity contribution in [1.82, 2.24) is 0 Å². The molecule has 0 saturated carbocycles. The smallest absolute Gasteiger partial charge is 0.315 e. The maximum Gasteiger partial charge on any atom is 0.315 e. The highest BCUT2D eigenvalue weighted by molar-refractivity contribution is 6.08. The van der Waals surface area contributed by atoms with Gasteiger partial charge in [-0.2, -0.15) is 0 Å². The van der Waals surface area contributed by atoms with Crippen LogP contribution in [0, 0.1) is 5.92 Å². The summed E-state index contributed by atoms with van der Waals surface area (Å²) < 4.78 is 16.3. The van der Waals surface area contributed by atoms with E-state index in [0.29, 0.717) is 23.5 Å². The fourth-order valence-electron chi connectivity index (χ4n) is 4.47. The molecule has 4 rings (SSSR count). The number of nitrogens with zero attached hydrogens (tertiary/aromatic N) is 1. The van der Waals surface area contributed by atoms with E-state index in [9.17, 15) is 9.59 Å². The molecule has 1 aliphatic heterocycles. The van der Waals surface area contributed by atoms with Crippen LogP contribution in [0.15, 0.2) is 64.8 Å². The molecule has 6 heteroatoms. The first-order valence-corrected chi connectivity index (χ1v) is 10.8. The number of aliphatic imine (C=N–C) groups is 1. The lowest BCUT2D eigenvalue weighted by Crippen LogP contribution is -2.37. The van der Waals surface area contributed by atoms with Gasteiger partial charge in [0.25, 0.3) is 0 Å². The van der Waals surface area contributed by atoms with E-state index < -0.39 is 11.8 Å². The predicted molar refractivity (Wildman–Crippen MR) is 121 cm³/mol. The molecule has 0 fully saturated rings. The molecule has 2 aromatic rings. The molecule has 166 valence electrons. The Hall–Kier alpha value is -3.41. The summed E-state index contributed by atoms with van der Waals surface area (Å²) in [6.07, 6.45) is 2.00. The number of methoxy groups -OCH3 is 2. The molecule has 2 aliphatic rings. The van der Waals surface area contributed by atoms with Crippen molar-refractivity contribution < 1.29 is 23.8 Å². The van der Waals surface area contributed by atoms with Crippen LogP contribution in [0.1, 0.15) is 43.2 Å². The normalized spacial score (nSPS) is 20.3. The highest BCUT2D eigenvalue weighted by atomic mass is 16.5. The average Bonchev–Trinajstić information content (AvgIpc) is 2.82. The number of hydrogen-bond acceptors (Lipinski definition) is 6. The highest BCUT2D eigenvalue weighted by Crippen LogP contribution is 2.44. The third-order valence-corrected chi connectivity index (χ3v) is 6.08. The third-order valence-electron chi connectivity index (χ3n) is 6.08. The molecule has 0 saturated heterocycles. The lowest BCUT2D eigenvalue weighted by molar-refractivity contribution is -0.148. The lowest BCUT2D eigenvalue weighted by Gasteiger charge is -2.34. The molecule has 0 bridgehead atoms. The molecular weight excluding hydrogens is 406 g/mol. The van der Waals surface area contributed by atoms with Gasteiger partial charge in [0.05, 0.1) is 14.2 Å². The summed E-state index contributed by atoms with van der Waals surface area (Å²) in [5.41, 5.74) is 3.82. The Balaban J connectivity index is 1.66. The Morgan fingerprint density at radius 3 is 2.50 bits per heavy atom. The number of ketones is 1. The summed E-state index contributed by atoms with van der Waals surface area (Å²) in [4.78, 5) is 31.0. The van der Waals surface area contributed by atoms with Gasteiger partial charge in [-0.25, -0.2) is 0 Å². The SMILES string of the molecule is COc1ccc(COC(=O)C2C(C)=NC3=C(C(=O)CCC3)[C@@H]2c2cccc(OC)c2)cc1. The monoisotopic (exact) mass is 433 g/mol. The number of hydrogen-bond donors (Lipinski definition) is 0. The van der Waals surface area contributed by atoms with Crippen LogP contribution >= 0.6 is 0 Å². The van der Waals surface area contributed by atoms with Gasteiger partial charge in [-0.3, -0.25) is 14.6 Å². The largest absolute Gasteiger partial charge is 0.497 e. The zero-order valence-corrected chi connectivity index (χ0v) is 18.6. The number of carbonyl (C=O) groups is 2. The van der Waals surface area contributed by atoms with E-state index in [1.54, 1.807) is 14.2 Å². The van der Waals surface area contributed by atoms with Crippen molar-refractivity contribution in [2.24, 2.45) is 10.9 Å². The summed E-state index contributed by atoms with van der Waals surface area (Å²) >= 11 is 0. The Kier molecular flexibility index (Phi) is 6.40. The first-order valence-electron chi connectivity index (χ1n) is 10.8. The molecule has 0 spiro atoms. The van der Waals surface area contributed by atoms with Crippen molar-refractivity contribution in [1.29, 1.82) is 0 Å². The van der Waals surface area contributed by atoms with Gasteiger partial charge in [-0.15, -0.1) is 0 Å². The number of benzene rings is 2. The zero-order chi connectivity index (χ0) is 22.7. The van der Waals surface area contributed by atoms with E-state index in [2.05, 4.69) is 4.99 Å². The quantitative estimate of drug-likeness (QED) is 0.621. The third kappa shape index (κ3) is 4.31. The Labute approximate surface area is 187 Å². The molecule has 1 aliphatic carbocycles. The van der Waals surface area contributed by atoms with Gasteiger partial charge in [0.15, 0.2) is 5.78 Å². The van der Waals surface area contributed by atoms with Crippen molar-refractivity contribution >= 4 is 17.5 Å². The van der Waals surface area contributed by atoms with Gasteiger partial charge < -0.3 is 14.2 Å². The van der Waals surface area contributed by atoms with Gasteiger partial charge >= 0.3 is 5.97 Å². The van der Waals surface area contributed by atoms with Crippen LogP contribution in [0.4, 0.5) is 0 Å². The maximum absolute atomic E-state index is 13.3. The minimum atomic E-state index is -0.666. The number of rotatable bonds is 6. The van der Waals surface area contributed by atoms with Crippen molar-refractivity contribution in [3.63, 3.8) is 0 Å². The minimum Gasteiger partial charge on any atom is -0.497 e. The number of allylic oxidation sites excluding steroid dienone is 2. The van der Waals surface area contributed by atoms with Crippen molar-refractivity contribution in [3.05, 3.63) is 70.9 Å². The van der Waals surface area contributed by atoms with Crippen molar-refractivity contribution in [3.8, 4) is 11.5 Å². The van der Waals surface area contributed by atoms with Gasteiger partial charge in [-0.05, 0) is 55.2 Å². The van der Waals surface area contributed by atoms with E-state index in [-0.39, 0.29) is 18.4 Å². The maximum atomic E-state index is 13.3. The average molecular weight is 434 g/mol. The molecule has 0 amide bonds. The summed E-state index contributed by atoms with van der Waals surface area (Å²) in [6.45, 7) is 1.98. The molecule has 0 radical (unpaired) electrons. The van der Waals surface area contributed by atoms with Crippen LogP contribution in [0.25, 0.3) is 0 Å². The van der Waals surface area contributed by atoms with E-state index in [1.807, 2.05) is 55.5 Å². The summed E-state index contributed by atoms with van der Waals surface area (Å²) in [6, 6.07) is 14.9. The van der Waals surface area contributed by atoms with Crippen LogP contribution in [0.2, 0.25) is 0 Å². The van der Waals surface area contributed by atoms with Crippen LogP contribution in [0.5, 0.6) is 11.5 Å². The first kappa shape index (κ1) is 21.8. The molecule has 0 N–H and O–H groups in total. The minimum absolute atomic E-state index is 0.0586. The van der Waals surface area contributed by atoms with Crippen molar-refractivity contribution in [2.45, 2.75) is 38.7 Å². The van der Waals surface area contributed by atoms with Crippen LogP contribution < -0.4 is 9.47 Å². The topological polar surface area (TPSA) is 74.2 Å². The van der Waals surface area contributed by atoms with Gasteiger partial charge in [0.1, 0.15) is 24.0 Å². The zero-order valence-electron chi connectivity index (χ0n) is 18.6. The molecular formula is C26H27NO5. The molecule has 6 nitrogen and oxygen atoms in total. The fraction of sp³-hybridized carbons (Fsp3) is 0.346. The van der Waals surface area contributed by atoms with E-state index in [1.165, 1.54) is 0 Å². The molecule has 1 heterocycles. The first-order chi connectivity index (χ1) is 15.5. The van der Waals surface area contributed by atoms with E-state index in [0.717, 1.165) is 35.4 Å². The number of esters is 1. The molecule has 2 atom stereocenters. The number of carbonyl (C=O) groups excluding carboxylic acids is 2. The Morgan fingerprint density at radius 2 is 1.78 bits per heavy atom. The number of Topliss-reactive ketones (excluding diaryl/α,β-unsaturated/α-hetero) is 1. The molecule has 32 heavy (non-hydrogen) atoms. The van der Waals surface area contributed by atoms with Crippen molar-refractivity contribution in [2.75, 3.05) is 14.2 Å². The second kappa shape index (κ2) is 9.39. The van der Waals surface area contributed by atoms with E-state index in [4.69, 9.17) is 14.2 Å².